The van der Waals surface area contributed by atoms with Crippen molar-refractivity contribution in [1.82, 2.24) is 9.21 Å². The third-order valence-electron chi connectivity index (χ3n) is 6.37. The molecule has 2 aliphatic heterocycles. The summed E-state index contributed by atoms with van der Waals surface area (Å²) in [6, 6.07) is 12.9. The van der Waals surface area contributed by atoms with Gasteiger partial charge in [0.15, 0.2) is 0 Å². The van der Waals surface area contributed by atoms with E-state index in [0.29, 0.717) is 19.4 Å². The van der Waals surface area contributed by atoms with Crippen LogP contribution in [0.4, 0.5) is 4.39 Å². The molecule has 0 unspecified atom stereocenters. The summed E-state index contributed by atoms with van der Waals surface area (Å²) in [5.74, 6) is 0.279. The number of ether oxygens (including phenoxy) is 1. The first-order valence-corrected chi connectivity index (χ1v) is 12.6. The van der Waals surface area contributed by atoms with Gasteiger partial charge in [-0.1, -0.05) is 12.1 Å². The molecule has 4 rings (SSSR count). The number of nitrogens with zero attached hydrogens (tertiary/aromatic N) is 2. The number of piperidine rings is 1. The fourth-order valence-electron chi connectivity index (χ4n) is 4.66. The number of hydrogen-bond donors (Lipinski definition) is 0. The second-order valence-corrected chi connectivity index (χ2v) is 10.3. The van der Waals surface area contributed by atoms with E-state index in [0.717, 1.165) is 42.8 Å². The van der Waals surface area contributed by atoms with E-state index in [9.17, 15) is 17.6 Å². The monoisotopic (exact) mass is 460 g/mol. The lowest BCUT2D eigenvalue weighted by molar-refractivity contribution is -0.137. The molecule has 2 aliphatic rings. The fourth-order valence-corrected chi connectivity index (χ4v) is 6.13. The molecule has 2 aromatic carbocycles. The zero-order valence-electron chi connectivity index (χ0n) is 18.2. The molecule has 32 heavy (non-hydrogen) atoms. The van der Waals surface area contributed by atoms with Gasteiger partial charge >= 0.3 is 0 Å². The summed E-state index contributed by atoms with van der Waals surface area (Å²) in [4.78, 5) is 15.4. The number of carbonyl (C=O) groups is 1. The molecule has 0 spiro atoms. The Balaban J connectivity index is 1.39. The second kappa shape index (κ2) is 9.58. The minimum absolute atomic E-state index is 0.0548. The molecule has 2 heterocycles. The topological polar surface area (TPSA) is 66.9 Å². The summed E-state index contributed by atoms with van der Waals surface area (Å²) in [6.07, 6.45) is 2.87. The van der Waals surface area contributed by atoms with E-state index in [1.807, 2.05) is 36.1 Å². The SMILES string of the molecule is CCOc1ccc([C@@H]2CCCN2C(=O)C2CCN(S(=O)(=O)c3ccc(F)cc3)CC2)cc1. The van der Waals surface area contributed by atoms with Gasteiger partial charge in [-0.2, -0.15) is 4.31 Å². The summed E-state index contributed by atoms with van der Waals surface area (Å²) in [5.41, 5.74) is 1.11. The van der Waals surface area contributed by atoms with Crippen LogP contribution in [0.2, 0.25) is 0 Å². The lowest BCUT2D eigenvalue weighted by Crippen LogP contribution is -2.44. The largest absolute Gasteiger partial charge is 0.494 e. The van der Waals surface area contributed by atoms with Crippen LogP contribution in [0.15, 0.2) is 53.4 Å². The maximum Gasteiger partial charge on any atom is 0.243 e. The van der Waals surface area contributed by atoms with Gasteiger partial charge in [-0.3, -0.25) is 4.79 Å². The minimum Gasteiger partial charge on any atom is -0.494 e. The molecule has 172 valence electrons. The lowest BCUT2D eigenvalue weighted by Gasteiger charge is -2.34. The van der Waals surface area contributed by atoms with Crippen molar-refractivity contribution in [1.29, 1.82) is 0 Å². The normalized spacial score (nSPS) is 20.4. The molecule has 2 aromatic rings. The Morgan fingerprint density at radius 2 is 1.66 bits per heavy atom. The molecule has 2 saturated heterocycles. The first kappa shape index (κ1) is 22.7. The van der Waals surface area contributed by atoms with Crippen molar-refractivity contribution in [3.63, 3.8) is 0 Å². The summed E-state index contributed by atoms with van der Waals surface area (Å²) in [6.45, 7) is 3.87. The number of halogens is 1. The van der Waals surface area contributed by atoms with Crippen LogP contribution in [0.5, 0.6) is 5.75 Å². The van der Waals surface area contributed by atoms with Gasteiger partial charge in [0.25, 0.3) is 0 Å². The van der Waals surface area contributed by atoms with E-state index in [-0.39, 0.29) is 35.9 Å². The van der Waals surface area contributed by atoms with E-state index in [4.69, 9.17) is 4.74 Å². The van der Waals surface area contributed by atoms with Crippen molar-refractivity contribution >= 4 is 15.9 Å². The van der Waals surface area contributed by atoms with Crippen LogP contribution < -0.4 is 4.74 Å². The Morgan fingerprint density at radius 3 is 2.28 bits per heavy atom. The maximum absolute atomic E-state index is 13.3. The molecular formula is C24H29FN2O4S. The highest BCUT2D eigenvalue weighted by Gasteiger charge is 2.37. The van der Waals surface area contributed by atoms with Crippen LogP contribution in [-0.2, 0) is 14.8 Å². The van der Waals surface area contributed by atoms with E-state index in [1.165, 1.54) is 16.4 Å². The van der Waals surface area contributed by atoms with Crippen molar-refractivity contribution in [3.8, 4) is 5.75 Å². The summed E-state index contributed by atoms with van der Waals surface area (Å²) in [5, 5.41) is 0. The van der Waals surface area contributed by atoms with Gasteiger partial charge in [-0.15, -0.1) is 0 Å². The maximum atomic E-state index is 13.3. The Bertz CT molecular complexity index is 1030. The minimum atomic E-state index is -3.68. The summed E-state index contributed by atoms with van der Waals surface area (Å²) in [7, 11) is -3.68. The standard InChI is InChI=1S/C24H29FN2O4S/c1-2-31-21-9-5-18(6-10-21)23-4-3-15-27(23)24(28)19-13-16-26(17-14-19)32(29,30)22-11-7-20(25)8-12-22/h5-12,19,23H,2-4,13-17H2,1H3/t23-/m0/s1. The summed E-state index contributed by atoms with van der Waals surface area (Å²) < 4.78 is 45.8. The molecule has 6 nitrogen and oxygen atoms in total. The molecule has 1 atom stereocenters. The molecule has 0 N–H and O–H groups in total. The molecule has 0 aliphatic carbocycles. The van der Waals surface area contributed by atoms with Crippen LogP contribution >= 0.6 is 0 Å². The molecule has 0 radical (unpaired) electrons. The van der Waals surface area contributed by atoms with E-state index < -0.39 is 15.8 Å². The predicted octanol–water partition coefficient (Wildman–Crippen LogP) is 3.99. The van der Waals surface area contributed by atoms with Gasteiger partial charge < -0.3 is 9.64 Å². The Labute approximate surface area is 189 Å². The highest BCUT2D eigenvalue weighted by atomic mass is 32.2. The van der Waals surface area contributed by atoms with Crippen molar-refractivity contribution in [2.45, 2.75) is 43.5 Å². The highest BCUT2D eigenvalue weighted by Crippen LogP contribution is 2.35. The molecule has 0 aromatic heterocycles. The van der Waals surface area contributed by atoms with Gasteiger partial charge in [-0.05, 0) is 74.6 Å². The van der Waals surface area contributed by atoms with Crippen molar-refractivity contribution in [2.24, 2.45) is 5.92 Å². The number of benzene rings is 2. The molecule has 2 fully saturated rings. The van der Waals surface area contributed by atoms with Gasteiger partial charge in [0.1, 0.15) is 11.6 Å². The van der Waals surface area contributed by atoms with Crippen LogP contribution in [0.1, 0.15) is 44.2 Å². The average molecular weight is 461 g/mol. The highest BCUT2D eigenvalue weighted by molar-refractivity contribution is 7.89. The third-order valence-corrected chi connectivity index (χ3v) is 8.28. The van der Waals surface area contributed by atoms with Gasteiger partial charge in [-0.25, -0.2) is 12.8 Å². The average Bonchev–Trinajstić information content (AvgIpc) is 3.30. The van der Waals surface area contributed by atoms with Crippen LogP contribution in [0.3, 0.4) is 0 Å². The number of likely N-dealkylation sites (tertiary alicyclic amines) is 1. The Morgan fingerprint density at radius 1 is 1.00 bits per heavy atom. The van der Waals surface area contributed by atoms with Gasteiger partial charge in [0.2, 0.25) is 15.9 Å². The molecule has 1 amide bonds. The third kappa shape index (κ3) is 4.66. The number of rotatable bonds is 6. The predicted molar refractivity (Wildman–Crippen MR) is 119 cm³/mol. The van der Waals surface area contributed by atoms with E-state index >= 15 is 0 Å². The first-order chi connectivity index (χ1) is 15.4. The molecule has 8 heteroatoms. The van der Waals surface area contributed by atoms with Crippen LogP contribution in [-0.4, -0.2) is 49.8 Å². The van der Waals surface area contributed by atoms with Crippen molar-refractivity contribution in [3.05, 3.63) is 59.9 Å². The smallest absolute Gasteiger partial charge is 0.243 e. The molecule has 0 bridgehead atoms. The second-order valence-electron chi connectivity index (χ2n) is 8.32. The van der Waals surface area contributed by atoms with Gasteiger partial charge in [0.05, 0.1) is 17.5 Å². The number of sulfonamides is 1. The Hall–Kier alpha value is -2.45. The number of amides is 1. The zero-order chi connectivity index (χ0) is 22.7. The fraction of sp³-hybridized carbons (Fsp3) is 0.458. The van der Waals surface area contributed by atoms with E-state index in [2.05, 4.69) is 0 Å². The van der Waals surface area contributed by atoms with E-state index in [1.54, 1.807) is 0 Å². The summed E-state index contributed by atoms with van der Waals surface area (Å²) >= 11 is 0. The van der Waals surface area contributed by atoms with Crippen molar-refractivity contribution < 1.29 is 22.3 Å². The molecular weight excluding hydrogens is 431 g/mol. The first-order valence-electron chi connectivity index (χ1n) is 11.2. The lowest BCUT2D eigenvalue weighted by atomic mass is 9.95. The quantitative estimate of drug-likeness (QED) is 0.654. The number of carbonyl (C=O) groups excluding carboxylic acids is 1. The van der Waals surface area contributed by atoms with Gasteiger partial charge in [0, 0.05) is 25.6 Å². The van der Waals surface area contributed by atoms with Crippen LogP contribution in [0.25, 0.3) is 0 Å². The van der Waals surface area contributed by atoms with Crippen LogP contribution in [0, 0.1) is 11.7 Å². The number of hydrogen-bond acceptors (Lipinski definition) is 4. The molecule has 0 saturated carbocycles. The van der Waals surface area contributed by atoms with Crippen molar-refractivity contribution in [2.75, 3.05) is 26.2 Å². The Kier molecular flexibility index (Phi) is 6.81. The zero-order valence-corrected chi connectivity index (χ0v) is 19.1.